The van der Waals surface area contributed by atoms with E-state index in [1.54, 1.807) is 0 Å². The average molecular weight is 559 g/mol. The number of ether oxygens (including phenoxy) is 2. The predicted molar refractivity (Wildman–Crippen MR) is 166 cm³/mol. The summed E-state index contributed by atoms with van der Waals surface area (Å²) < 4.78 is 10.8. The Morgan fingerprint density at radius 1 is 0.476 bits per heavy atom. The summed E-state index contributed by atoms with van der Waals surface area (Å²) in [4.78, 5) is 25.6. The van der Waals surface area contributed by atoms with Crippen molar-refractivity contribution in [2.75, 3.05) is 13.2 Å². The molecular formula is C38H38O4. The summed E-state index contributed by atoms with van der Waals surface area (Å²) in [6.07, 6.45) is 3.67. The van der Waals surface area contributed by atoms with Crippen LogP contribution in [0.15, 0.2) is 97.1 Å². The van der Waals surface area contributed by atoms with Gasteiger partial charge >= 0.3 is 11.9 Å². The second-order valence-corrected chi connectivity index (χ2v) is 11.5. The van der Waals surface area contributed by atoms with E-state index in [0.29, 0.717) is 38.9 Å². The zero-order valence-corrected chi connectivity index (χ0v) is 24.5. The third-order valence-electron chi connectivity index (χ3n) is 9.45. The Bertz CT molecular complexity index is 1400. The Morgan fingerprint density at radius 2 is 0.762 bits per heavy atom. The van der Waals surface area contributed by atoms with Crippen molar-refractivity contribution in [1.82, 2.24) is 0 Å². The predicted octanol–water partition coefficient (Wildman–Crippen LogP) is 8.39. The van der Waals surface area contributed by atoms with E-state index in [2.05, 4.69) is 97.1 Å². The molecule has 4 nitrogen and oxygen atoms in total. The van der Waals surface area contributed by atoms with E-state index in [4.69, 9.17) is 9.47 Å². The fraction of sp³-hybridized carbons (Fsp3) is 0.316. The highest BCUT2D eigenvalue weighted by Gasteiger charge is 2.48. The van der Waals surface area contributed by atoms with Crippen LogP contribution in [0.4, 0.5) is 0 Å². The summed E-state index contributed by atoms with van der Waals surface area (Å²) in [5.74, 6) is -0.320. The lowest BCUT2D eigenvalue weighted by Gasteiger charge is -2.38. The quantitative estimate of drug-likeness (QED) is 0.174. The summed E-state index contributed by atoms with van der Waals surface area (Å²) in [5, 5.41) is 0. The molecule has 214 valence electrons. The van der Waals surface area contributed by atoms with Crippen LogP contribution in [0.25, 0.3) is 22.3 Å². The van der Waals surface area contributed by atoms with Crippen LogP contribution in [0.1, 0.15) is 74.6 Å². The second-order valence-electron chi connectivity index (χ2n) is 11.5. The molecule has 0 saturated heterocycles. The lowest BCUT2D eigenvalue weighted by Crippen LogP contribution is -2.33. The van der Waals surface area contributed by atoms with E-state index in [1.807, 2.05) is 13.8 Å². The van der Waals surface area contributed by atoms with Crippen molar-refractivity contribution in [3.8, 4) is 22.3 Å². The zero-order chi connectivity index (χ0) is 29.2. The van der Waals surface area contributed by atoms with Crippen LogP contribution < -0.4 is 0 Å². The number of carbonyl (C=O) groups excluding carboxylic acids is 2. The Kier molecular flexibility index (Phi) is 7.72. The highest BCUT2D eigenvalue weighted by atomic mass is 16.5. The van der Waals surface area contributed by atoms with E-state index < -0.39 is 0 Å². The molecule has 4 aromatic rings. The van der Waals surface area contributed by atoms with Gasteiger partial charge in [-0.3, -0.25) is 9.59 Å². The minimum Gasteiger partial charge on any atom is -0.466 e. The lowest BCUT2D eigenvalue weighted by molar-refractivity contribution is -0.144. The van der Waals surface area contributed by atoms with Crippen LogP contribution >= 0.6 is 0 Å². The molecule has 0 heterocycles. The molecule has 0 unspecified atom stereocenters. The second kappa shape index (κ2) is 11.6. The molecular weight excluding hydrogens is 520 g/mol. The van der Waals surface area contributed by atoms with Crippen molar-refractivity contribution in [1.29, 1.82) is 0 Å². The van der Waals surface area contributed by atoms with Crippen molar-refractivity contribution in [2.45, 2.75) is 63.2 Å². The molecule has 42 heavy (non-hydrogen) atoms. The lowest BCUT2D eigenvalue weighted by atomic mass is 9.64. The van der Waals surface area contributed by atoms with E-state index in [-0.39, 0.29) is 22.8 Å². The van der Waals surface area contributed by atoms with Gasteiger partial charge in [-0.15, -0.1) is 0 Å². The molecule has 0 atom stereocenters. The van der Waals surface area contributed by atoms with Crippen LogP contribution in [-0.2, 0) is 29.9 Å². The fourth-order valence-electron chi connectivity index (χ4n) is 7.68. The largest absolute Gasteiger partial charge is 0.466 e. The normalized spacial score (nSPS) is 14.8. The van der Waals surface area contributed by atoms with Gasteiger partial charge in [-0.2, -0.15) is 0 Å². The van der Waals surface area contributed by atoms with E-state index in [1.165, 1.54) is 44.5 Å². The molecule has 0 spiro atoms. The highest BCUT2D eigenvalue weighted by Crippen LogP contribution is 2.59. The molecule has 0 radical (unpaired) electrons. The van der Waals surface area contributed by atoms with E-state index in [9.17, 15) is 9.59 Å². The van der Waals surface area contributed by atoms with Crippen LogP contribution in [0.2, 0.25) is 0 Å². The molecule has 0 saturated carbocycles. The number of rotatable bonds is 11. The summed E-state index contributed by atoms with van der Waals surface area (Å²) in [5.41, 5.74) is 9.34. The molecule has 4 heteroatoms. The first-order valence-electron chi connectivity index (χ1n) is 15.2. The van der Waals surface area contributed by atoms with Gasteiger partial charge in [0.1, 0.15) is 0 Å². The molecule has 0 aliphatic heterocycles. The van der Waals surface area contributed by atoms with Gasteiger partial charge in [-0.1, -0.05) is 97.1 Å². The van der Waals surface area contributed by atoms with Gasteiger partial charge in [0.05, 0.1) is 13.2 Å². The van der Waals surface area contributed by atoms with Gasteiger partial charge in [0.25, 0.3) is 0 Å². The van der Waals surface area contributed by atoms with Gasteiger partial charge in [0.15, 0.2) is 0 Å². The van der Waals surface area contributed by atoms with Crippen molar-refractivity contribution in [2.24, 2.45) is 0 Å². The SMILES string of the molecule is CCOC(=O)CCC1(CCC2(CCC(=O)OCC)c3ccccc3-c3ccccc32)c2ccccc2-c2ccccc21. The molecule has 0 fully saturated rings. The maximum Gasteiger partial charge on any atom is 0.305 e. The number of benzene rings is 4. The highest BCUT2D eigenvalue weighted by molar-refractivity contribution is 5.83. The minimum absolute atomic E-state index is 0.160. The summed E-state index contributed by atoms with van der Waals surface area (Å²) in [6.45, 7) is 4.47. The van der Waals surface area contributed by atoms with Crippen LogP contribution in [0.3, 0.4) is 0 Å². The molecule has 2 aliphatic carbocycles. The number of hydrogen-bond donors (Lipinski definition) is 0. The first-order valence-corrected chi connectivity index (χ1v) is 15.2. The first-order chi connectivity index (χ1) is 20.5. The third kappa shape index (κ3) is 4.63. The number of esters is 2. The molecule has 2 aliphatic rings. The smallest absolute Gasteiger partial charge is 0.305 e. The van der Waals surface area contributed by atoms with Gasteiger partial charge in [-0.25, -0.2) is 0 Å². The van der Waals surface area contributed by atoms with Gasteiger partial charge in [-0.05, 0) is 84.0 Å². The molecule has 4 aromatic carbocycles. The Hall–Kier alpha value is -4.18. The third-order valence-corrected chi connectivity index (χ3v) is 9.45. The van der Waals surface area contributed by atoms with Crippen LogP contribution in [0, 0.1) is 0 Å². The van der Waals surface area contributed by atoms with Crippen molar-refractivity contribution >= 4 is 11.9 Å². The molecule has 0 bridgehead atoms. The average Bonchev–Trinajstić information content (AvgIpc) is 3.47. The summed E-state index contributed by atoms with van der Waals surface area (Å²) in [6, 6.07) is 34.6. The van der Waals surface area contributed by atoms with Crippen molar-refractivity contribution in [3.05, 3.63) is 119 Å². The summed E-state index contributed by atoms with van der Waals surface area (Å²) in [7, 11) is 0. The Morgan fingerprint density at radius 3 is 1.05 bits per heavy atom. The van der Waals surface area contributed by atoms with E-state index >= 15 is 0 Å². The molecule has 0 N–H and O–H groups in total. The minimum atomic E-state index is -0.358. The number of hydrogen-bond acceptors (Lipinski definition) is 4. The van der Waals surface area contributed by atoms with Gasteiger partial charge < -0.3 is 9.47 Å². The Labute approximate surface area is 248 Å². The summed E-state index contributed by atoms with van der Waals surface area (Å²) >= 11 is 0. The van der Waals surface area contributed by atoms with Crippen LogP contribution in [0.5, 0.6) is 0 Å². The zero-order valence-electron chi connectivity index (χ0n) is 24.5. The standard InChI is InChI=1S/C38H38O4/c1-3-41-35(39)21-23-37(31-17-9-5-13-27(31)28-14-6-10-18-32(28)37)25-26-38(24-22-36(40)42-4-2)33-19-11-7-15-29(33)30-16-8-12-20-34(30)38/h5-20H,3-4,21-26H2,1-2H3. The number of fused-ring (bicyclic) bond motifs is 6. The van der Waals surface area contributed by atoms with Crippen molar-refractivity contribution < 1.29 is 19.1 Å². The fourth-order valence-corrected chi connectivity index (χ4v) is 7.68. The Balaban J connectivity index is 1.47. The first kappa shape index (κ1) is 28.0. The van der Waals surface area contributed by atoms with Crippen molar-refractivity contribution in [3.63, 3.8) is 0 Å². The van der Waals surface area contributed by atoms with E-state index in [0.717, 1.165) is 12.8 Å². The van der Waals surface area contributed by atoms with Gasteiger partial charge in [0, 0.05) is 23.7 Å². The maximum absolute atomic E-state index is 12.8. The number of carbonyl (C=O) groups is 2. The molecule has 0 amide bonds. The molecule has 6 rings (SSSR count). The molecule has 0 aromatic heterocycles. The topological polar surface area (TPSA) is 52.6 Å². The monoisotopic (exact) mass is 558 g/mol. The van der Waals surface area contributed by atoms with Gasteiger partial charge in [0.2, 0.25) is 0 Å². The van der Waals surface area contributed by atoms with Crippen LogP contribution in [-0.4, -0.2) is 25.2 Å². The maximum atomic E-state index is 12.8.